The number of benzene rings is 3. The first-order chi connectivity index (χ1) is 12.4. The largest absolute Gasteiger partial charge is 0.492 e. The molecule has 0 aliphatic carbocycles. The van der Waals surface area contributed by atoms with Gasteiger partial charge in [0.2, 0.25) is 0 Å². The van der Waals surface area contributed by atoms with Crippen LogP contribution in [0.2, 0.25) is 0 Å². The lowest BCUT2D eigenvalue weighted by atomic mass is 10.1. The number of anilines is 1. The molecule has 5 nitrogen and oxygen atoms in total. The first kappa shape index (κ1) is 15.2. The van der Waals surface area contributed by atoms with Gasteiger partial charge < -0.3 is 10.1 Å². The van der Waals surface area contributed by atoms with E-state index in [-0.39, 0.29) is 0 Å². The monoisotopic (exact) mass is 330 g/mol. The van der Waals surface area contributed by atoms with Gasteiger partial charge in [0.05, 0.1) is 5.69 Å². The Balaban J connectivity index is 1.30. The standard InChI is InChI=1S/C20H18N4O/c1-2-4-17-13-20(10-5-16(17)3-1)25-12-11-22-18-6-8-19(9-7-18)24-15-21-14-23-24/h1-10,13-15,22H,11-12H2. The lowest BCUT2D eigenvalue weighted by Gasteiger charge is -2.10. The molecule has 0 saturated heterocycles. The molecular formula is C20H18N4O. The van der Waals surface area contributed by atoms with Gasteiger partial charge in [0.15, 0.2) is 0 Å². The van der Waals surface area contributed by atoms with Crippen LogP contribution in [-0.2, 0) is 0 Å². The van der Waals surface area contributed by atoms with Gasteiger partial charge in [-0.15, -0.1) is 0 Å². The van der Waals surface area contributed by atoms with Crippen molar-refractivity contribution in [2.45, 2.75) is 0 Å². The number of rotatable bonds is 6. The van der Waals surface area contributed by atoms with E-state index in [1.165, 1.54) is 17.1 Å². The Morgan fingerprint density at radius 3 is 2.56 bits per heavy atom. The van der Waals surface area contributed by atoms with E-state index in [2.05, 4.69) is 39.7 Å². The van der Waals surface area contributed by atoms with Crippen molar-refractivity contribution in [3.8, 4) is 11.4 Å². The summed E-state index contributed by atoms with van der Waals surface area (Å²) >= 11 is 0. The Bertz CT molecular complexity index is 949. The fourth-order valence-electron chi connectivity index (χ4n) is 2.70. The lowest BCUT2D eigenvalue weighted by molar-refractivity contribution is 0.333. The van der Waals surface area contributed by atoms with Crippen LogP contribution in [0.3, 0.4) is 0 Å². The number of hydrogen-bond donors (Lipinski definition) is 1. The zero-order valence-electron chi connectivity index (χ0n) is 13.7. The SMILES string of the molecule is c1ccc2cc(OCCNc3ccc(-n4cncn4)cc3)ccc2c1. The molecule has 1 N–H and O–H groups in total. The summed E-state index contributed by atoms with van der Waals surface area (Å²) in [7, 11) is 0. The number of aromatic nitrogens is 3. The minimum Gasteiger partial charge on any atom is -0.492 e. The Hall–Kier alpha value is -3.34. The third kappa shape index (κ3) is 3.61. The van der Waals surface area contributed by atoms with Crippen molar-refractivity contribution >= 4 is 16.5 Å². The van der Waals surface area contributed by atoms with E-state index in [1.54, 1.807) is 11.0 Å². The highest BCUT2D eigenvalue weighted by Gasteiger charge is 1.99. The van der Waals surface area contributed by atoms with E-state index in [9.17, 15) is 0 Å². The molecule has 0 fully saturated rings. The quantitative estimate of drug-likeness (QED) is 0.545. The highest BCUT2D eigenvalue weighted by molar-refractivity contribution is 5.83. The first-order valence-corrected chi connectivity index (χ1v) is 8.19. The van der Waals surface area contributed by atoms with E-state index in [0.29, 0.717) is 6.61 Å². The van der Waals surface area contributed by atoms with Crippen molar-refractivity contribution in [3.63, 3.8) is 0 Å². The fraction of sp³-hybridized carbons (Fsp3) is 0.100. The molecule has 0 unspecified atom stereocenters. The van der Waals surface area contributed by atoms with Crippen molar-refractivity contribution in [1.82, 2.24) is 14.8 Å². The highest BCUT2D eigenvalue weighted by Crippen LogP contribution is 2.20. The second kappa shape index (κ2) is 7.05. The number of nitrogens with zero attached hydrogens (tertiary/aromatic N) is 3. The molecular weight excluding hydrogens is 312 g/mol. The van der Waals surface area contributed by atoms with Crippen LogP contribution in [0.1, 0.15) is 0 Å². The summed E-state index contributed by atoms with van der Waals surface area (Å²) in [5.41, 5.74) is 2.03. The van der Waals surface area contributed by atoms with E-state index >= 15 is 0 Å². The van der Waals surface area contributed by atoms with Gasteiger partial charge in [-0.2, -0.15) is 5.10 Å². The number of nitrogens with one attached hydrogen (secondary N) is 1. The molecule has 124 valence electrons. The van der Waals surface area contributed by atoms with Crippen molar-refractivity contribution in [2.24, 2.45) is 0 Å². The molecule has 0 saturated carbocycles. The summed E-state index contributed by atoms with van der Waals surface area (Å²) < 4.78 is 7.56. The van der Waals surface area contributed by atoms with Crippen LogP contribution in [0.4, 0.5) is 5.69 Å². The molecule has 3 aromatic carbocycles. The molecule has 4 rings (SSSR count). The second-order valence-corrected chi connectivity index (χ2v) is 5.67. The van der Waals surface area contributed by atoms with Gasteiger partial charge in [-0.3, -0.25) is 0 Å². The maximum absolute atomic E-state index is 5.83. The minimum atomic E-state index is 0.600. The first-order valence-electron chi connectivity index (χ1n) is 8.19. The Kier molecular flexibility index (Phi) is 4.29. The van der Waals surface area contributed by atoms with Crippen LogP contribution in [0.25, 0.3) is 16.5 Å². The van der Waals surface area contributed by atoms with Crippen molar-refractivity contribution in [1.29, 1.82) is 0 Å². The minimum absolute atomic E-state index is 0.600. The molecule has 0 bridgehead atoms. The Morgan fingerprint density at radius 1 is 0.920 bits per heavy atom. The van der Waals surface area contributed by atoms with Gasteiger partial charge in [0.25, 0.3) is 0 Å². The van der Waals surface area contributed by atoms with Gasteiger partial charge in [0, 0.05) is 12.2 Å². The predicted molar refractivity (Wildman–Crippen MR) is 99.3 cm³/mol. The summed E-state index contributed by atoms with van der Waals surface area (Å²) in [5.74, 6) is 0.891. The summed E-state index contributed by atoms with van der Waals surface area (Å²) in [5, 5.41) is 9.88. The zero-order valence-corrected chi connectivity index (χ0v) is 13.7. The summed E-state index contributed by atoms with van der Waals surface area (Å²) in [6.45, 7) is 1.33. The molecule has 0 amide bonds. The maximum atomic E-state index is 5.83. The van der Waals surface area contributed by atoms with Crippen LogP contribution >= 0.6 is 0 Å². The van der Waals surface area contributed by atoms with Crippen LogP contribution in [0.15, 0.2) is 79.4 Å². The van der Waals surface area contributed by atoms with Gasteiger partial charge in [-0.1, -0.05) is 30.3 Å². The van der Waals surface area contributed by atoms with Crippen LogP contribution in [0, 0.1) is 0 Å². The molecule has 0 aliphatic rings. The molecule has 1 heterocycles. The summed E-state index contributed by atoms with van der Waals surface area (Å²) in [6, 6.07) is 22.5. The molecule has 0 radical (unpaired) electrons. The summed E-state index contributed by atoms with van der Waals surface area (Å²) in [6.07, 6.45) is 3.20. The van der Waals surface area contributed by atoms with Crippen LogP contribution in [0.5, 0.6) is 5.75 Å². The molecule has 1 aromatic heterocycles. The van der Waals surface area contributed by atoms with Gasteiger partial charge in [-0.25, -0.2) is 9.67 Å². The number of fused-ring (bicyclic) bond motifs is 1. The number of ether oxygens (including phenoxy) is 1. The van der Waals surface area contributed by atoms with E-state index in [4.69, 9.17) is 4.74 Å². The highest BCUT2D eigenvalue weighted by atomic mass is 16.5. The predicted octanol–water partition coefficient (Wildman–Crippen LogP) is 3.91. The van der Waals surface area contributed by atoms with E-state index in [1.807, 2.05) is 42.5 Å². The Morgan fingerprint density at radius 2 is 1.76 bits per heavy atom. The van der Waals surface area contributed by atoms with Crippen LogP contribution in [-0.4, -0.2) is 27.9 Å². The zero-order chi connectivity index (χ0) is 16.9. The lowest BCUT2D eigenvalue weighted by Crippen LogP contribution is -2.11. The van der Waals surface area contributed by atoms with Gasteiger partial charge in [0.1, 0.15) is 25.0 Å². The molecule has 4 aromatic rings. The van der Waals surface area contributed by atoms with Crippen molar-refractivity contribution in [3.05, 3.63) is 79.4 Å². The van der Waals surface area contributed by atoms with E-state index in [0.717, 1.165) is 23.7 Å². The topological polar surface area (TPSA) is 52.0 Å². The smallest absolute Gasteiger partial charge is 0.138 e. The summed E-state index contributed by atoms with van der Waals surface area (Å²) in [4.78, 5) is 3.95. The average Bonchev–Trinajstić information content (AvgIpc) is 3.20. The Labute approximate surface area is 145 Å². The average molecular weight is 330 g/mol. The molecule has 0 spiro atoms. The van der Waals surface area contributed by atoms with E-state index < -0.39 is 0 Å². The molecule has 0 aliphatic heterocycles. The third-order valence-electron chi connectivity index (χ3n) is 3.97. The normalized spacial score (nSPS) is 10.7. The van der Waals surface area contributed by atoms with Crippen molar-refractivity contribution < 1.29 is 4.74 Å². The molecule has 0 atom stereocenters. The van der Waals surface area contributed by atoms with Gasteiger partial charge in [-0.05, 0) is 47.2 Å². The van der Waals surface area contributed by atoms with Crippen molar-refractivity contribution in [2.75, 3.05) is 18.5 Å². The maximum Gasteiger partial charge on any atom is 0.138 e. The molecule has 5 heteroatoms. The van der Waals surface area contributed by atoms with Crippen LogP contribution < -0.4 is 10.1 Å². The molecule has 25 heavy (non-hydrogen) atoms. The van der Waals surface area contributed by atoms with Gasteiger partial charge >= 0.3 is 0 Å². The fourth-order valence-corrected chi connectivity index (χ4v) is 2.70. The second-order valence-electron chi connectivity index (χ2n) is 5.67. The third-order valence-corrected chi connectivity index (χ3v) is 3.97. The number of hydrogen-bond acceptors (Lipinski definition) is 4.